The quantitative estimate of drug-likeness (QED) is 0.107. The lowest BCUT2D eigenvalue weighted by Gasteiger charge is -2.25. The first-order valence-electron chi connectivity index (χ1n) is 16.6. The number of carbonyl (C=O) groups excluding carboxylic acids is 2. The number of aliphatic hydroxyl groups excluding tert-OH is 2. The summed E-state index contributed by atoms with van der Waals surface area (Å²) in [6.45, 7) is 9.05. The van der Waals surface area contributed by atoms with E-state index in [1.54, 1.807) is 43.5 Å². The highest BCUT2D eigenvalue weighted by Gasteiger charge is 2.33. The van der Waals surface area contributed by atoms with Crippen molar-refractivity contribution in [1.82, 2.24) is 9.88 Å². The molecule has 0 bridgehead atoms. The van der Waals surface area contributed by atoms with Crippen LogP contribution in [0.1, 0.15) is 75.2 Å². The Bertz CT molecular complexity index is 1790. The molecule has 0 aliphatic rings. The van der Waals surface area contributed by atoms with Crippen molar-refractivity contribution in [2.24, 2.45) is 0 Å². The third-order valence-corrected chi connectivity index (χ3v) is 7.85. The highest BCUT2D eigenvalue weighted by Crippen LogP contribution is 2.42. The van der Waals surface area contributed by atoms with Crippen molar-refractivity contribution in [2.75, 3.05) is 0 Å². The maximum atomic E-state index is 14.7. The molecule has 3 aromatic carbocycles. The van der Waals surface area contributed by atoms with Crippen LogP contribution in [-0.2, 0) is 20.7 Å². The molecule has 50 heavy (non-hydrogen) atoms. The number of carboxylic acid groups (broad SMARTS) is 1. The third kappa shape index (κ3) is 9.99. The Balaban J connectivity index is 1.94. The average Bonchev–Trinajstić information content (AvgIpc) is 3.39. The molecule has 10 heteroatoms. The largest absolute Gasteiger partial charge is 0.481 e. The minimum absolute atomic E-state index is 0.174. The van der Waals surface area contributed by atoms with Gasteiger partial charge in [0.15, 0.2) is 0 Å². The van der Waals surface area contributed by atoms with Gasteiger partial charge in [-0.25, -0.2) is 9.18 Å². The summed E-state index contributed by atoms with van der Waals surface area (Å²) in [5.74, 6) is -2.79. The predicted molar refractivity (Wildman–Crippen MR) is 191 cm³/mol. The number of carboxylic acids is 1. The summed E-state index contributed by atoms with van der Waals surface area (Å²) in [5.41, 5.74) is 3.10. The number of halogens is 1. The van der Waals surface area contributed by atoms with Crippen LogP contribution in [0.5, 0.6) is 0 Å². The summed E-state index contributed by atoms with van der Waals surface area (Å²) < 4.78 is 21.8. The van der Waals surface area contributed by atoms with Crippen LogP contribution in [0.3, 0.4) is 0 Å². The van der Waals surface area contributed by atoms with Crippen LogP contribution in [0.2, 0.25) is 0 Å². The van der Waals surface area contributed by atoms with E-state index >= 15 is 0 Å². The fraction of sp³-hybridized carbons (Fsp3) is 0.325. The molecule has 1 heterocycles. The summed E-state index contributed by atoms with van der Waals surface area (Å²) in [6.07, 6.45) is -0.0351. The smallest absolute Gasteiger partial charge is 0.329 e. The Morgan fingerprint density at radius 3 is 2.02 bits per heavy atom. The first-order valence-corrected chi connectivity index (χ1v) is 16.6. The van der Waals surface area contributed by atoms with Crippen molar-refractivity contribution < 1.29 is 38.8 Å². The highest BCUT2D eigenvalue weighted by molar-refractivity contribution is 6.07. The first-order chi connectivity index (χ1) is 23.6. The molecule has 4 N–H and O–H groups in total. The van der Waals surface area contributed by atoms with Crippen molar-refractivity contribution in [3.8, 4) is 22.3 Å². The van der Waals surface area contributed by atoms with E-state index in [0.29, 0.717) is 27.9 Å². The number of amides is 1. The molecule has 0 aliphatic heterocycles. The average molecular weight is 685 g/mol. The zero-order valence-electron chi connectivity index (χ0n) is 29.0. The number of rotatable bonds is 14. The molecule has 0 aliphatic carbocycles. The number of hydrogen-bond donors (Lipinski definition) is 4. The van der Waals surface area contributed by atoms with Gasteiger partial charge in [0, 0.05) is 35.7 Å². The SMILES string of the molecule is CC(C)n1c(C=CC(O)CC(O)CC(=O)O)c(-c2ccc(F)cc2)c(-c2ccccc2)c1C(=O)NC(Cc1ccccc1)C(=O)OC(C)(C)C. The molecule has 264 valence electrons. The number of carbonyl (C=O) groups is 3. The third-order valence-electron chi connectivity index (χ3n) is 7.85. The first kappa shape index (κ1) is 37.8. The van der Waals surface area contributed by atoms with Gasteiger partial charge >= 0.3 is 11.9 Å². The van der Waals surface area contributed by atoms with Crippen LogP contribution in [0, 0.1) is 5.82 Å². The van der Waals surface area contributed by atoms with E-state index in [-0.39, 0.29) is 24.6 Å². The fourth-order valence-corrected chi connectivity index (χ4v) is 5.81. The Labute approximate surface area is 292 Å². The van der Waals surface area contributed by atoms with Gasteiger partial charge in [0.1, 0.15) is 23.2 Å². The molecule has 1 aromatic heterocycles. The predicted octanol–water partition coefficient (Wildman–Crippen LogP) is 6.82. The summed E-state index contributed by atoms with van der Waals surface area (Å²) in [6, 6.07) is 23.0. The molecule has 3 unspecified atom stereocenters. The van der Waals surface area contributed by atoms with Crippen LogP contribution in [-0.4, -0.2) is 61.6 Å². The lowest BCUT2D eigenvalue weighted by Crippen LogP contribution is -2.46. The number of nitrogens with zero attached hydrogens (tertiary/aromatic N) is 1. The summed E-state index contributed by atoms with van der Waals surface area (Å²) >= 11 is 0. The van der Waals surface area contributed by atoms with Gasteiger partial charge in [-0.15, -0.1) is 0 Å². The Morgan fingerprint density at radius 2 is 1.46 bits per heavy atom. The number of aliphatic hydroxyl groups is 2. The molecule has 0 saturated carbocycles. The van der Waals surface area contributed by atoms with Crippen molar-refractivity contribution in [1.29, 1.82) is 0 Å². The summed E-state index contributed by atoms with van der Waals surface area (Å²) in [4.78, 5) is 39.4. The normalized spacial score (nSPS) is 13.6. The van der Waals surface area contributed by atoms with Gasteiger partial charge in [0.25, 0.3) is 5.91 Å². The topological polar surface area (TPSA) is 138 Å². The van der Waals surface area contributed by atoms with E-state index in [2.05, 4.69) is 5.32 Å². The number of aromatic nitrogens is 1. The van der Waals surface area contributed by atoms with E-state index in [9.17, 15) is 29.0 Å². The molecule has 0 spiro atoms. The summed E-state index contributed by atoms with van der Waals surface area (Å²) in [7, 11) is 0. The van der Waals surface area contributed by atoms with Gasteiger partial charge in [-0.05, 0) is 69.5 Å². The van der Waals surface area contributed by atoms with Crippen LogP contribution >= 0.6 is 0 Å². The monoisotopic (exact) mass is 684 g/mol. The van der Waals surface area contributed by atoms with Crippen LogP contribution in [0.4, 0.5) is 4.39 Å². The lowest BCUT2D eigenvalue weighted by atomic mass is 9.94. The van der Waals surface area contributed by atoms with Gasteiger partial charge < -0.3 is 29.9 Å². The Kier molecular flexibility index (Phi) is 12.5. The second kappa shape index (κ2) is 16.6. The molecule has 1 amide bonds. The van der Waals surface area contributed by atoms with Crippen molar-refractivity contribution in [3.05, 3.63) is 114 Å². The Morgan fingerprint density at radius 1 is 0.880 bits per heavy atom. The molecule has 3 atom stereocenters. The highest BCUT2D eigenvalue weighted by atomic mass is 19.1. The zero-order chi connectivity index (χ0) is 36.6. The minimum Gasteiger partial charge on any atom is -0.481 e. The zero-order valence-corrected chi connectivity index (χ0v) is 29.0. The molecule has 0 saturated heterocycles. The van der Waals surface area contributed by atoms with Gasteiger partial charge in [0.2, 0.25) is 0 Å². The molecule has 0 fully saturated rings. The second-order valence-electron chi connectivity index (χ2n) is 13.5. The summed E-state index contributed by atoms with van der Waals surface area (Å²) in [5, 5.41) is 33.0. The standard InChI is InChI=1S/C40H45FN2O7/c1-25(2)43-33(21-20-30(44)23-31(45)24-34(46)47)35(28-16-18-29(41)19-17-28)36(27-14-10-7-11-15-27)37(43)38(48)42-32(39(49)50-40(3,4)5)22-26-12-8-6-9-13-26/h6-21,25,30-32,44-45H,22-24H2,1-5H3,(H,42,48)(H,46,47). The van der Waals surface area contributed by atoms with Crippen molar-refractivity contribution >= 4 is 23.9 Å². The van der Waals surface area contributed by atoms with Gasteiger partial charge in [-0.2, -0.15) is 0 Å². The molecule has 4 rings (SSSR count). The van der Waals surface area contributed by atoms with E-state index in [4.69, 9.17) is 9.84 Å². The van der Waals surface area contributed by atoms with Crippen LogP contribution in [0.25, 0.3) is 28.3 Å². The number of aliphatic carboxylic acids is 1. The van der Waals surface area contributed by atoms with E-state index < -0.39 is 53.9 Å². The van der Waals surface area contributed by atoms with E-state index in [1.807, 2.05) is 74.5 Å². The minimum atomic E-state index is -1.28. The van der Waals surface area contributed by atoms with Gasteiger partial charge in [0.05, 0.1) is 18.6 Å². The molecule has 0 radical (unpaired) electrons. The lowest BCUT2D eigenvalue weighted by molar-refractivity contribution is -0.157. The van der Waals surface area contributed by atoms with Crippen molar-refractivity contribution in [2.45, 2.75) is 83.8 Å². The van der Waals surface area contributed by atoms with Gasteiger partial charge in [-0.1, -0.05) is 78.9 Å². The van der Waals surface area contributed by atoms with Crippen LogP contribution < -0.4 is 5.32 Å². The molecule has 4 aromatic rings. The van der Waals surface area contributed by atoms with E-state index in [1.165, 1.54) is 18.2 Å². The van der Waals surface area contributed by atoms with Crippen molar-refractivity contribution in [3.63, 3.8) is 0 Å². The second-order valence-corrected chi connectivity index (χ2v) is 13.5. The maximum Gasteiger partial charge on any atom is 0.329 e. The molecular weight excluding hydrogens is 639 g/mol. The number of hydrogen-bond acceptors (Lipinski definition) is 6. The molecule has 9 nitrogen and oxygen atoms in total. The Hall–Kier alpha value is -5.06. The number of benzene rings is 3. The maximum absolute atomic E-state index is 14.7. The number of ether oxygens (including phenoxy) is 1. The number of esters is 1. The van der Waals surface area contributed by atoms with Gasteiger partial charge in [-0.3, -0.25) is 9.59 Å². The van der Waals surface area contributed by atoms with Crippen LogP contribution in [0.15, 0.2) is 91.0 Å². The molecular formula is C40H45FN2O7. The fourth-order valence-electron chi connectivity index (χ4n) is 5.81. The van der Waals surface area contributed by atoms with E-state index in [0.717, 1.165) is 5.56 Å². The number of nitrogens with one attached hydrogen (secondary N) is 1.